The van der Waals surface area contributed by atoms with Crippen molar-refractivity contribution in [2.24, 2.45) is 7.05 Å². The van der Waals surface area contributed by atoms with Gasteiger partial charge >= 0.3 is 6.03 Å². The Hall–Kier alpha value is -2.42. The van der Waals surface area contributed by atoms with Crippen molar-refractivity contribution in [1.82, 2.24) is 25.4 Å². The van der Waals surface area contributed by atoms with Crippen LogP contribution < -0.4 is 15.5 Å². The third-order valence-electron chi connectivity index (χ3n) is 4.30. The fraction of sp³-hybridized carbons (Fsp3) is 0.529. The molecule has 0 aromatic carbocycles. The van der Waals surface area contributed by atoms with Gasteiger partial charge in [-0.05, 0) is 33.6 Å². The second kappa shape index (κ2) is 7.06. The van der Waals surface area contributed by atoms with Gasteiger partial charge in [0, 0.05) is 36.9 Å². The van der Waals surface area contributed by atoms with Gasteiger partial charge in [-0.1, -0.05) is 0 Å². The summed E-state index contributed by atoms with van der Waals surface area (Å²) in [6, 6.07) is 0.873. The molecule has 1 saturated heterocycles. The molecule has 2 N–H and O–H groups in total. The van der Waals surface area contributed by atoms with Gasteiger partial charge in [-0.25, -0.2) is 9.78 Å². The zero-order chi connectivity index (χ0) is 18.9. The van der Waals surface area contributed by atoms with E-state index in [1.807, 2.05) is 33.2 Å². The van der Waals surface area contributed by atoms with E-state index in [2.05, 4.69) is 20.7 Å². The fourth-order valence-electron chi connectivity index (χ4n) is 2.96. The average Bonchev–Trinajstić information content (AvgIpc) is 3.18. The van der Waals surface area contributed by atoms with Crippen LogP contribution in [0.1, 0.15) is 37.4 Å². The second-order valence-electron chi connectivity index (χ2n) is 7.05. The second-order valence-corrected chi connectivity index (χ2v) is 7.91. The zero-order valence-corrected chi connectivity index (χ0v) is 16.3. The minimum atomic E-state index is -0.610. The fourth-order valence-corrected chi connectivity index (χ4v) is 3.83. The van der Waals surface area contributed by atoms with Crippen molar-refractivity contribution in [3.8, 4) is 0 Å². The molecule has 0 radical (unpaired) electrons. The number of carbonyl (C=O) groups excluding carboxylic acids is 2. The van der Waals surface area contributed by atoms with Crippen molar-refractivity contribution in [3.63, 3.8) is 0 Å². The SMILES string of the molecule is Cc1csc(C(C)(C)NC(=O)NC2CCCN(c3ccn(C)n3)C2=O)n1. The highest BCUT2D eigenvalue weighted by atomic mass is 32.1. The van der Waals surface area contributed by atoms with E-state index in [0.717, 1.165) is 17.1 Å². The van der Waals surface area contributed by atoms with Crippen LogP contribution in [0.3, 0.4) is 0 Å². The summed E-state index contributed by atoms with van der Waals surface area (Å²) in [5.74, 6) is 0.482. The van der Waals surface area contributed by atoms with E-state index in [9.17, 15) is 9.59 Å². The highest BCUT2D eigenvalue weighted by Crippen LogP contribution is 2.24. The summed E-state index contributed by atoms with van der Waals surface area (Å²) in [7, 11) is 1.81. The number of carbonyl (C=O) groups is 2. The van der Waals surface area contributed by atoms with Gasteiger partial charge in [0.05, 0.1) is 5.54 Å². The Morgan fingerprint density at radius 3 is 2.81 bits per heavy atom. The molecule has 0 aliphatic carbocycles. The van der Waals surface area contributed by atoms with E-state index in [1.165, 1.54) is 11.3 Å². The van der Waals surface area contributed by atoms with Gasteiger partial charge in [0.15, 0.2) is 5.82 Å². The lowest BCUT2D eigenvalue weighted by Crippen LogP contribution is -2.56. The lowest BCUT2D eigenvalue weighted by Gasteiger charge is -2.32. The van der Waals surface area contributed by atoms with Crippen LogP contribution >= 0.6 is 11.3 Å². The number of hydrogen-bond acceptors (Lipinski definition) is 5. The van der Waals surface area contributed by atoms with Crippen molar-refractivity contribution >= 4 is 29.1 Å². The van der Waals surface area contributed by atoms with Gasteiger partial charge in [0.2, 0.25) is 0 Å². The highest BCUT2D eigenvalue weighted by molar-refractivity contribution is 7.09. The molecular weight excluding hydrogens is 352 g/mol. The Balaban J connectivity index is 1.64. The molecule has 2 aromatic heterocycles. The molecule has 9 heteroatoms. The number of nitrogens with zero attached hydrogens (tertiary/aromatic N) is 4. The molecule has 3 rings (SSSR count). The largest absolute Gasteiger partial charge is 0.327 e. The summed E-state index contributed by atoms with van der Waals surface area (Å²) in [6.07, 6.45) is 3.22. The number of urea groups is 1. The number of anilines is 1. The van der Waals surface area contributed by atoms with Crippen LogP contribution in [-0.4, -0.2) is 39.3 Å². The molecule has 2 aromatic rings. The van der Waals surface area contributed by atoms with Gasteiger partial charge in [-0.15, -0.1) is 11.3 Å². The molecule has 140 valence electrons. The van der Waals surface area contributed by atoms with E-state index in [0.29, 0.717) is 18.8 Å². The Morgan fingerprint density at radius 1 is 1.42 bits per heavy atom. The van der Waals surface area contributed by atoms with Gasteiger partial charge in [0.1, 0.15) is 11.0 Å². The van der Waals surface area contributed by atoms with E-state index in [-0.39, 0.29) is 11.9 Å². The summed E-state index contributed by atoms with van der Waals surface area (Å²) >= 11 is 1.51. The minimum Gasteiger partial charge on any atom is -0.327 e. The predicted octanol–water partition coefficient (Wildman–Crippen LogP) is 1.91. The highest BCUT2D eigenvalue weighted by Gasteiger charge is 2.33. The topological polar surface area (TPSA) is 92.2 Å². The molecule has 1 atom stereocenters. The first-order chi connectivity index (χ1) is 12.3. The monoisotopic (exact) mass is 376 g/mol. The van der Waals surface area contributed by atoms with Crippen LogP contribution in [0, 0.1) is 6.92 Å². The Morgan fingerprint density at radius 2 is 2.19 bits per heavy atom. The van der Waals surface area contributed by atoms with Crippen LogP contribution in [0.2, 0.25) is 0 Å². The Kier molecular flexibility index (Phi) is 4.99. The van der Waals surface area contributed by atoms with Crippen molar-refractivity contribution in [3.05, 3.63) is 28.3 Å². The summed E-state index contributed by atoms with van der Waals surface area (Å²) in [5.41, 5.74) is 0.315. The van der Waals surface area contributed by atoms with E-state index in [4.69, 9.17) is 0 Å². The van der Waals surface area contributed by atoms with Crippen LogP contribution in [-0.2, 0) is 17.4 Å². The van der Waals surface area contributed by atoms with Gasteiger partial charge in [-0.2, -0.15) is 5.10 Å². The number of nitrogens with one attached hydrogen (secondary N) is 2. The molecule has 0 saturated carbocycles. The molecule has 0 spiro atoms. The molecule has 8 nitrogen and oxygen atoms in total. The summed E-state index contributed by atoms with van der Waals surface area (Å²) in [5, 5.41) is 12.8. The molecule has 3 heterocycles. The summed E-state index contributed by atoms with van der Waals surface area (Å²) in [4.78, 5) is 31.3. The smallest absolute Gasteiger partial charge is 0.316 e. The van der Waals surface area contributed by atoms with Gasteiger partial charge < -0.3 is 10.6 Å². The average molecular weight is 376 g/mol. The van der Waals surface area contributed by atoms with Gasteiger partial charge in [-0.3, -0.25) is 14.4 Å². The molecule has 26 heavy (non-hydrogen) atoms. The third-order valence-corrected chi connectivity index (χ3v) is 5.58. The standard InChI is InChI=1S/C17H24N6O2S/c1-11-10-26-15(18-11)17(2,3)20-16(25)19-12-6-5-8-23(14(12)24)13-7-9-22(4)21-13/h7,9-10,12H,5-6,8H2,1-4H3,(H2,19,20,25). The Bertz CT molecular complexity index is 812. The third kappa shape index (κ3) is 3.87. The maximum atomic E-state index is 12.7. The molecule has 0 bridgehead atoms. The van der Waals surface area contributed by atoms with Crippen LogP contribution in [0.4, 0.5) is 10.6 Å². The molecular formula is C17H24N6O2S. The molecule has 3 amide bonds. The number of piperidine rings is 1. The number of hydrogen-bond donors (Lipinski definition) is 2. The summed E-state index contributed by atoms with van der Waals surface area (Å²) < 4.78 is 1.66. The number of aryl methyl sites for hydroxylation is 2. The first-order valence-electron chi connectivity index (χ1n) is 8.58. The predicted molar refractivity (Wildman–Crippen MR) is 100 cm³/mol. The van der Waals surface area contributed by atoms with Crippen molar-refractivity contribution in [2.75, 3.05) is 11.4 Å². The first kappa shape index (κ1) is 18.4. The van der Waals surface area contributed by atoms with Crippen LogP contribution in [0.15, 0.2) is 17.6 Å². The van der Waals surface area contributed by atoms with Gasteiger partial charge in [0.25, 0.3) is 5.91 Å². The maximum absolute atomic E-state index is 12.7. The zero-order valence-electron chi connectivity index (χ0n) is 15.4. The normalized spacial score (nSPS) is 18.1. The van der Waals surface area contributed by atoms with Crippen molar-refractivity contribution in [2.45, 2.75) is 45.2 Å². The lowest BCUT2D eigenvalue weighted by atomic mass is 10.0. The number of aromatic nitrogens is 3. The molecule has 1 unspecified atom stereocenters. The van der Waals surface area contributed by atoms with E-state index >= 15 is 0 Å². The lowest BCUT2D eigenvalue weighted by molar-refractivity contribution is -0.121. The number of rotatable bonds is 4. The van der Waals surface area contributed by atoms with Crippen molar-refractivity contribution in [1.29, 1.82) is 0 Å². The van der Waals surface area contributed by atoms with Crippen molar-refractivity contribution < 1.29 is 9.59 Å². The molecule has 1 aliphatic rings. The maximum Gasteiger partial charge on any atom is 0.316 e. The van der Waals surface area contributed by atoms with Crippen LogP contribution in [0.25, 0.3) is 0 Å². The quantitative estimate of drug-likeness (QED) is 0.853. The first-order valence-corrected chi connectivity index (χ1v) is 9.46. The molecule has 1 fully saturated rings. The Labute approximate surface area is 156 Å². The minimum absolute atomic E-state index is 0.131. The van der Waals surface area contributed by atoms with E-state index in [1.54, 1.807) is 21.8 Å². The molecule has 1 aliphatic heterocycles. The number of thiazole rings is 1. The van der Waals surface area contributed by atoms with Crippen LogP contribution in [0.5, 0.6) is 0 Å². The van der Waals surface area contributed by atoms with E-state index < -0.39 is 11.6 Å². The summed E-state index contributed by atoms with van der Waals surface area (Å²) in [6.45, 7) is 6.32. The number of amides is 3.